The van der Waals surface area contributed by atoms with E-state index in [1.807, 2.05) is 0 Å². The summed E-state index contributed by atoms with van der Waals surface area (Å²) in [6.07, 6.45) is 4.44. The average molecular weight is 342 g/mol. The predicted molar refractivity (Wildman–Crippen MR) is 79.6 cm³/mol. The number of fused-ring (bicyclic) bond motifs is 2. The van der Waals surface area contributed by atoms with Crippen molar-refractivity contribution < 1.29 is 28.6 Å². The van der Waals surface area contributed by atoms with Crippen LogP contribution in [0.25, 0.3) is 0 Å². The van der Waals surface area contributed by atoms with Gasteiger partial charge >= 0.3 is 0 Å². The molecule has 1 amide bonds. The topological polar surface area (TPSA) is 99.9 Å². The molecule has 3 saturated heterocycles. The molecule has 4 aliphatic heterocycles. The first-order valence-electron chi connectivity index (χ1n) is 8.42. The van der Waals surface area contributed by atoms with Crippen LogP contribution < -0.4 is 5.11 Å². The molecule has 7 heteroatoms. The lowest BCUT2D eigenvalue weighted by Crippen LogP contribution is -2.55. The fourth-order valence-corrected chi connectivity index (χ4v) is 5.23. The van der Waals surface area contributed by atoms with Crippen LogP contribution in [-0.4, -0.2) is 40.3 Å². The maximum absolute atomic E-state index is 13.2. The highest BCUT2D eigenvalue weighted by atomic mass is 16.5. The number of Topliss-reactive ketones (excluding diaryl/α,β-unsaturated/α-hetero) is 1. The second-order valence-corrected chi connectivity index (χ2v) is 7.30. The number of ether oxygens (including phenoxy) is 1. The molecule has 25 heavy (non-hydrogen) atoms. The zero-order valence-corrected chi connectivity index (χ0v) is 13.5. The van der Waals surface area contributed by atoms with E-state index in [0.717, 1.165) is 0 Å². The number of amides is 1. The van der Waals surface area contributed by atoms with E-state index < -0.39 is 47.5 Å². The van der Waals surface area contributed by atoms with E-state index in [2.05, 4.69) is 0 Å². The number of rotatable bonds is 2. The number of carbonyl (C=O) groups excluding carboxylic acids is 3. The van der Waals surface area contributed by atoms with E-state index >= 15 is 0 Å². The fraction of sp³-hybridized carbons (Fsp3) is 0.500. The molecular formula is C18H16NO6-. The van der Waals surface area contributed by atoms with Crippen LogP contribution >= 0.6 is 0 Å². The van der Waals surface area contributed by atoms with Crippen LogP contribution in [0, 0.1) is 17.8 Å². The van der Waals surface area contributed by atoms with Crippen molar-refractivity contribution in [2.75, 3.05) is 0 Å². The van der Waals surface area contributed by atoms with Gasteiger partial charge in [0.2, 0.25) is 5.91 Å². The summed E-state index contributed by atoms with van der Waals surface area (Å²) in [7, 11) is 0. The molecule has 0 N–H and O–H groups in total. The molecule has 0 aromatic carbocycles. The van der Waals surface area contributed by atoms with Crippen LogP contribution in [0.4, 0.5) is 0 Å². The first-order valence-corrected chi connectivity index (χ1v) is 8.42. The smallest absolute Gasteiger partial charge is 0.230 e. The third-order valence-electron chi connectivity index (χ3n) is 6.22. The van der Waals surface area contributed by atoms with E-state index in [1.54, 1.807) is 36.1 Å². The lowest BCUT2D eigenvalue weighted by molar-refractivity contribution is -0.313. The van der Waals surface area contributed by atoms with Gasteiger partial charge in [-0.2, -0.15) is 0 Å². The number of ketones is 1. The quantitative estimate of drug-likeness (QED) is 0.692. The second kappa shape index (κ2) is 4.60. The van der Waals surface area contributed by atoms with Crippen LogP contribution in [0.2, 0.25) is 0 Å². The van der Waals surface area contributed by atoms with Gasteiger partial charge in [0.15, 0.2) is 0 Å². The molecule has 1 aromatic heterocycles. The van der Waals surface area contributed by atoms with Crippen molar-refractivity contribution in [2.45, 2.75) is 37.1 Å². The normalized spacial score (nSPS) is 44.3. The summed E-state index contributed by atoms with van der Waals surface area (Å²) >= 11 is 0. The molecule has 1 spiro atoms. The minimum Gasteiger partial charge on any atom is -0.550 e. The zero-order valence-electron chi connectivity index (χ0n) is 13.5. The van der Waals surface area contributed by atoms with Crippen LogP contribution in [0.5, 0.6) is 0 Å². The Morgan fingerprint density at radius 3 is 2.88 bits per heavy atom. The molecule has 2 bridgehead atoms. The SMILES string of the molecule is C[C@@H]1C(=O)C[C@@H](c2ccco2)N2C(=O)[C@H]3[C@H](C(=O)[O-])[C@@H]4C=C[C@]3(O4)[C@H]12. The van der Waals surface area contributed by atoms with Gasteiger partial charge in [-0.05, 0) is 12.1 Å². The maximum atomic E-state index is 13.2. The summed E-state index contributed by atoms with van der Waals surface area (Å²) in [5, 5.41) is 11.7. The Bertz CT molecular complexity index is 814. The van der Waals surface area contributed by atoms with Gasteiger partial charge in [-0.25, -0.2) is 0 Å². The molecule has 3 fully saturated rings. The number of carboxylic acids is 1. The summed E-state index contributed by atoms with van der Waals surface area (Å²) in [5.41, 5.74) is -1.08. The van der Waals surface area contributed by atoms with Crippen molar-refractivity contribution in [3.63, 3.8) is 0 Å². The molecule has 7 atom stereocenters. The third-order valence-corrected chi connectivity index (χ3v) is 6.22. The molecule has 5 heterocycles. The Hall–Kier alpha value is -2.41. The van der Waals surface area contributed by atoms with Gasteiger partial charge in [-0.3, -0.25) is 9.59 Å². The number of carbonyl (C=O) groups is 3. The molecule has 5 rings (SSSR count). The van der Waals surface area contributed by atoms with Gasteiger partial charge in [0, 0.05) is 24.2 Å². The Morgan fingerprint density at radius 2 is 2.20 bits per heavy atom. The third kappa shape index (κ3) is 1.62. The van der Waals surface area contributed by atoms with Gasteiger partial charge in [-0.1, -0.05) is 19.1 Å². The van der Waals surface area contributed by atoms with Gasteiger partial charge in [-0.15, -0.1) is 0 Å². The molecule has 130 valence electrons. The molecule has 1 aromatic rings. The van der Waals surface area contributed by atoms with Gasteiger partial charge in [0.25, 0.3) is 0 Å². The van der Waals surface area contributed by atoms with Gasteiger partial charge < -0.3 is 24.0 Å². The Morgan fingerprint density at radius 1 is 1.40 bits per heavy atom. The number of furan rings is 1. The van der Waals surface area contributed by atoms with Crippen molar-refractivity contribution in [1.29, 1.82) is 0 Å². The second-order valence-electron chi connectivity index (χ2n) is 7.30. The zero-order chi connectivity index (χ0) is 17.5. The lowest BCUT2D eigenvalue weighted by Gasteiger charge is -2.43. The van der Waals surface area contributed by atoms with Crippen LogP contribution in [0.3, 0.4) is 0 Å². The number of hydrogen-bond acceptors (Lipinski definition) is 6. The largest absolute Gasteiger partial charge is 0.550 e. The van der Waals surface area contributed by atoms with Gasteiger partial charge in [0.05, 0.1) is 30.4 Å². The molecule has 0 saturated carbocycles. The van der Waals surface area contributed by atoms with Crippen molar-refractivity contribution >= 4 is 17.7 Å². The predicted octanol–water partition coefficient (Wildman–Crippen LogP) is -0.170. The van der Waals surface area contributed by atoms with E-state index in [4.69, 9.17) is 9.15 Å². The monoisotopic (exact) mass is 342 g/mol. The molecule has 0 unspecified atom stereocenters. The van der Waals surface area contributed by atoms with Crippen molar-refractivity contribution in [3.8, 4) is 0 Å². The highest BCUT2D eigenvalue weighted by Crippen LogP contribution is 2.59. The van der Waals surface area contributed by atoms with Crippen LogP contribution in [0.15, 0.2) is 35.0 Å². The summed E-state index contributed by atoms with van der Waals surface area (Å²) < 4.78 is 11.5. The Balaban J connectivity index is 1.67. The Labute approximate surface area is 143 Å². The Kier molecular flexibility index (Phi) is 2.74. The minimum atomic E-state index is -1.29. The number of aliphatic carboxylic acids is 1. The summed E-state index contributed by atoms with van der Waals surface area (Å²) in [5.74, 6) is -3.37. The number of hydrogen-bond donors (Lipinski definition) is 0. The van der Waals surface area contributed by atoms with Gasteiger partial charge in [0.1, 0.15) is 17.1 Å². The first-order chi connectivity index (χ1) is 12.0. The van der Waals surface area contributed by atoms with Crippen LogP contribution in [0.1, 0.15) is 25.1 Å². The maximum Gasteiger partial charge on any atom is 0.230 e. The van der Waals surface area contributed by atoms with E-state index in [-0.39, 0.29) is 18.1 Å². The number of nitrogens with zero attached hydrogens (tertiary/aromatic N) is 1. The number of piperidine rings is 1. The highest BCUT2D eigenvalue weighted by Gasteiger charge is 2.73. The lowest BCUT2D eigenvalue weighted by atomic mass is 9.71. The van der Waals surface area contributed by atoms with Crippen molar-refractivity contribution in [1.82, 2.24) is 4.90 Å². The minimum absolute atomic E-state index is 0.0165. The fourth-order valence-electron chi connectivity index (χ4n) is 5.23. The molecular weight excluding hydrogens is 326 g/mol. The number of carboxylic acid groups (broad SMARTS) is 1. The molecule has 0 radical (unpaired) electrons. The van der Waals surface area contributed by atoms with Crippen molar-refractivity contribution in [3.05, 3.63) is 36.3 Å². The summed E-state index contributed by atoms with van der Waals surface area (Å²) in [4.78, 5) is 39.2. The van der Waals surface area contributed by atoms with E-state index in [1.165, 1.54) is 6.26 Å². The molecule has 4 aliphatic rings. The van der Waals surface area contributed by atoms with Crippen molar-refractivity contribution in [2.24, 2.45) is 17.8 Å². The standard InChI is InChI=1S/C18H17NO6/c1-8-10(20)7-9(11-3-2-6-24-11)19-15(8)18-5-4-12(25-18)13(17(22)23)14(18)16(19)21/h2-6,8-9,12-15H,7H2,1H3,(H,22,23)/p-1/t8-,9+,12+,13-,14-,15+,18-/m1/s1. The molecule has 7 nitrogen and oxygen atoms in total. The van der Waals surface area contributed by atoms with E-state index in [0.29, 0.717) is 5.76 Å². The summed E-state index contributed by atoms with van der Waals surface area (Å²) in [6, 6.07) is 2.37. The first kappa shape index (κ1) is 14.9. The molecule has 0 aliphatic carbocycles. The highest BCUT2D eigenvalue weighted by molar-refractivity contribution is 5.95. The van der Waals surface area contributed by atoms with E-state index in [9.17, 15) is 19.5 Å². The van der Waals surface area contributed by atoms with Crippen LogP contribution in [-0.2, 0) is 19.1 Å². The average Bonchev–Trinajstić information content (AvgIpc) is 3.32. The summed E-state index contributed by atoms with van der Waals surface area (Å²) in [6.45, 7) is 1.78.